The molecule has 7 nitrogen and oxygen atoms in total. The minimum atomic E-state index is -1.15. The molecule has 0 heterocycles. The maximum Gasteiger partial charge on any atom is 0.307 e. The van der Waals surface area contributed by atoms with Crippen LogP contribution in [0.25, 0.3) is 6.08 Å². The molecular weight excluding hydrogens is 340 g/mol. The van der Waals surface area contributed by atoms with Gasteiger partial charge in [-0.25, -0.2) is 0 Å². The van der Waals surface area contributed by atoms with Crippen LogP contribution in [0.1, 0.15) is 17.5 Å². The molecule has 7 heteroatoms. The zero-order valence-electron chi connectivity index (χ0n) is 13.7. The van der Waals surface area contributed by atoms with Crippen LogP contribution in [0.15, 0.2) is 42.5 Å². The van der Waals surface area contributed by atoms with Crippen LogP contribution >= 0.6 is 0 Å². The van der Waals surface area contributed by atoms with Gasteiger partial charge in [0.05, 0.1) is 5.92 Å². The quantitative estimate of drug-likeness (QED) is 0.379. The molecule has 0 spiro atoms. The summed E-state index contributed by atoms with van der Waals surface area (Å²) < 4.78 is 0. The first-order chi connectivity index (χ1) is 12.3. The van der Waals surface area contributed by atoms with Crippen molar-refractivity contribution in [2.45, 2.75) is 12.8 Å². The first-order valence-corrected chi connectivity index (χ1v) is 7.73. The molecule has 1 atom stereocenters. The predicted molar refractivity (Wildman–Crippen MR) is 93.0 cm³/mol. The number of aromatic hydroxyl groups is 4. The van der Waals surface area contributed by atoms with Crippen molar-refractivity contribution in [1.29, 1.82) is 0 Å². The van der Waals surface area contributed by atoms with Gasteiger partial charge < -0.3 is 25.5 Å². The predicted octanol–water partition coefficient (Wildman–Crippen LogP) is 2.42. The average molecular weight is 358 g/mol. The largest absolute Gasteiger partial charge is 0.504 e. The number of carbonyl (C=O) groups is 2. The number of benzene rings is 2. The zero-order chi connectivity index (χ0) is 19.3. The Morgan fingerprint density at radius 1 is 0.885 bits per heavy atom. The first kappa shape index (κ1) is 18.9. The Morgan fingerprint density at radius 3 is 2.08 bits per heavy atom. The van der Waals surface area contributed by atoms with Gasteiger partial charge in [-0.05, 0) is 47.9 Å². The molecule has 0 aliphatic heterocycles. The number of aliphatic carboxylic acids is 1. The van der Waals surface area contributed by atoms with Gasteiger partial charge in [-0.15, -0.1) is 0 Å². The third kappa shape index (κ3) is 5.01. The van der Waals surface area contributed by atoms with Crippen molar-refractivity contribution in [1.82, 2.24) is 0 Å². The number of hydrogen-bond acceptors (Lipinski definition) is 6. The van der Waals surface area contributed by atoms with E-state index in [1.807, 2.05) is 0 Å². The van der Waals surface area contributed by atoms with E-state index in [-0.39, 0.29) is 35.8 Å². The summed E-state index contributed by atoms with van der Waals surface area (Å²) in [4.78, 5) is 23.4. The van der Waals surface area contributed by atoms with E-state index in [9.17, 15) is 35.1 Å². The van der Waals surface area contributed by atoms with E-state index in [4.69, 9.17) is 0 Å². The van der Waals surface area contributed by atoms with E-state index in [1.54, 1.807) is 0 Å². The standard InChI is InChI=1S/C19H18O7/c20-14(4-1-11-2-5-15(21)17(23)8-11)10-13(19(25)26)7-12-3-6-16(22)18(24)9-12/h1-6,8-9,13,21-24H,7,10H2,(H,25,26)/t13-/m1/s1. The van der Waals surface area contributed by atoms with Gasteiger partial charge in [-0.2, -0.15) is 0 Å². The Hall–Kier alpha value is -3.48. The maximum absolute atomic E-state index is 12.0. The summed E-state index contributed by atoms with van der Waals surface area (Å²) >= 11 is 0. The number of ketones is 1. The maximum atomic E-state index is 12.0. The minimum Gasteiger partial charge on any atom is -0.504 e. The number of carboxylic acid groups (broad SMARTS) is 1. The van der Waals surface area contributed by atoms with Crippen LogP contribution in [0.2, 0.25) is 0 Å². The number of hydrogen-bond donors (Lipinski definition) is 5. The number of carbonyl (C=O) groups excluding carboxylic acids is 1. The highest BCUT2D eigenvalue weighted by atomic mass is 16.4. The molecule has 0 unspecified atom stereocenters. The number of phenolic OH excluding ortho intramolecular Hbond substituents is 4. The van der Waals surface area contributed by atoms with Crippen molar-refractivity contribution in [3.63, 3.8) is 0 Å². The molecule has 0 aliphatic carbocycles. The van der Waals surface area contributed by atoms with Crippen molar-refractivity contribution in [2.24, 2.45) is 5.92 Å². The van der Waals surface area contributed by atoms with E-state index in [0.29, 0.717) is 11.1 Å². The zero-order valence-corrected chi connectivity index (χ0v) is 13.7. The Morgan fingerprint density at radius 2 is 1.50 bits per heavy atom. The molecule has 2 aromatic rings. The van der Waals surface area contributed by atoms with Crippen molar-refractivity contribution >= 4 is 17.8 Å². The minimum absolute atomic E-state index is 0.0166. The summed E-state index contributed by atoms with van der Waals surface area (Å²) in [6.45, 7) is 0. The summed E-state index contributed by atoms with van der Waals surface area (Å²) in [7, 11) is 0. The van der Waals surface area contributed by atoms with Crippen LogP contribution in [-0.2, 0) is 16.0 Å². The number of phenols is 4. The smallest absolute Gasteiger partial charge is 0.307 e. The SMILES string of the molecule is O=C(C=Cc1ccc(O)c(O)c1)C[C@@H](Cc1ccc(O)c(O)c1)C(=O)O. The highest BCUT2D eigenvalue weighted by Crippen LogP contribution is 2.27. The first-order valence-electron chi connectivity index (χ1n) is 7.73. The highest BCUT2D eigenvalue weighted by molar-refractivity contribution is 5.95. The molecule has 5 N–H and O–H groups in total. The van der Waals surface area contributed by atoms with Gasteiger partial charge in [0.25, 0.3) is 0 Å². The number of carboxylic acids is 1. The fourth-order valence-electron chi connectivity index (χ4n) is 2.37. The van der Waals surface area contributed by atoms with Gasteiger partial charge in [-0.3, -0.25) is 9.59 Å². The number of allylic oxidation sites excluding steroid dienone is 1. The Bertz CT molecular complexity index is 855. The molecule has 136 valence electrons. The molecule has 0 saturated carbocycles. The van der Waals surface area contributed by atoms with Crippen LogP contribution in [0.4, 0.5) is 0 Å². The Labute approximate surface area is 149 Å². The Balaban J connectivity index is 2.05. The summed E-state index contributed by atoms with van der Waals surface area (Å²) in [5, 5.41) is 46.7. The van der Waals surface area contributed by atoms with E-state index >= 15 is 0 Å². The van der Waals surface area contributed by atoms with Crippen LogP contribution in [0.3, 0.4) is 0 Å². The molecule has 0 bridgehead atoms. The van der Waals surface area contributed by atoms with Crippen molar-refractivity contribution < 1.29 is 35.1 Å². The summed E-state index contributed by atoms with van der Waals surface area (Å²) in [5.41, 5.74) is 0.955. The van der Waals surface area contributed by atoms with Crippen molar-refractivity contribution in [3.05, 3.63) is 53.6 Å². The van der Waals surface area contributed by atoms with E-state index in [2.05, 4.69) is 0 Å². The highest BCUT2D eigenvalue weighted by Gasteiger charge is 2.21. The van der Waals surface area contributed by atoms with E-state index < -0.39 is 17.7 Å². The van der Waals surface area contributed by atoms with Crippen LogP contribution < -0.4 is 0 Å². The topological polar surface area (TPSA) is 135 Å². The summed E-state index contributed by atoms with van der Waals surface area (Å²) in [6, 6.07) is 8.02. The van der Waals surface area contributed by atoms with Gasteiger partial charge in [0, 0.05) is 6.42 Å². The molecule has 0 aromatic heterocycles. The monoisotopic (exact) mass is 358 g/mol. The van der Waals surface area contributed by atoms with Crippen LogP contribution in [0.5, 0.6) is 23.0 Å². The molecule has 0 fully saturated rings. The third-order valence-corrected chi connectivity index (χ3v) is 3.78. The summed E-state index contributed by atoms with van der Waals surface area (Å²) in [6.07, 6.45) is 2.38. The molecular formula is C19H18O7. The lowest BCUT2D eigenvalue weighted by molar-refractivity contribution is -0.143. The van der Waals surface area contributed by atoms with E-state index in [0.717, 1.165) is 0 Å². The molecule has 2 rings (SSSR count). The second-order valence-corrected chi connectivity index (χ2v) is 5.81. The van der Waals surface area contributed by atoms with E-state index in [1.165, 1.54) is 48.6 Å². The lowest BCUT2D eigenvalue weighted by Crippen LogP contribution is -2.19. The fraction of sp³-hybridized carbons (Fsp3) is 0.158. The lowest BCUT2D eigenvalue weighted by atomic mass is 9.94. The second-order valence-electron chi connectivity index (χ2n) is 5.81. The molecule has 0 amide bonds. The van der Waals surface area contributed by atoms with Crippen LogP contribution in [0, 0.1) is 5.92 Å². The van der Waals surface area contributed by atoms with Gasteiger partial charge in [0.2, 0.25) is 0 Å². The molecule has 0 aliphatic rings. The van der Waals surface area contributed by atoms with Gasteiger partial charge >= 0.3 is 5.97 Å². The van der Waals surface area contributed by atoms with Gasteiger partial charge in [-0.1, -0.05) is 18.2 Å². The van der Waals surface area contributed by atoms with Crippen molar-refractivity contribution in [2.75, 3.05) is 0 Å². The summed E-state index contributed by atoms with van der Waals surface area (Å²) in [5.74, 6) is -3.84. The van der Waals surface area contributed by atoms with Gasteiger partial charge in [0.15, 0.2) is 28.8 Å². The molecule has 26 heavy (non-hydrogen) atoms. The average Bonchev–Trinajstić information content (AvgIpc) is 2.58. The Kier molecular flexibility index (Phi) is 5.85. The number of rotatable bonds is 7. The molecule has 0 saturated heterocycles. The van der Waals surface area contributed by atoms with Crippen molar-refractivity contribution in [3.8, 4) is 23.0 Å². The molecule has 0 radical (unpaired) electrons. The second kappa shape index (κ2) is 8.06. The van der Waals surface area contributed by atoms with Gasteiger partial charge in [0.1, 0.15) is 0 Å². The van der Waals surface area contributed by atoms with Crippen LogP contribution in [-0.4, -0.2) is 37.3 Å². The molecule has 2 aromatic carbocycles. The lowest BCUT2D eigenvalue weighted by Gasteiger charge is -2.11. The normalized spacial score (nSPS) is 12.2. The fourth-order valence-corrected chi connectivity index (χ4v) is 2.37. The third-order valence-electron chi connectivity index (χ3n) is 3.78.